The minimum atomic E-state index is -1.26. The number of carboxylic acid groups (broad SMARTS) is 1. The molecule has 0 spiro atoms. The molecule has 1 heterocycles. The number of hydrogen-bond acceptors (Lipinski definition) is 4. The van der Waals surface area contributed by atoms with Crippen LogP contribution in [0.2, 0.25) is 0 Å². The van der Waals surface area contributed by atoms with Gasteiger partial charge < -0.3 is 10.8 Å². The zero-order chi connectivity index (χ0) is 13.3. The van der Waals surface area contributed by atoms with E-state index in [0.29, 0.717) is 11.1 Å². The van der Waals surface area contributed by atoms with Gasteiger partial charge in [0, 0.05) is 5.56 Å². The third kappa shape index (κ3) is 2.10. The van der Waals surface area contributed by atoms with E-state index in [1.807, 2.05) is 0 Å². The van der Waals surface area contributed by atoms with E-state index >= 15 is 0 Å². The normalized spacial score (nSPS) is 16.4. The predicted molar refractivity (Wildman–Crippen MR) is 61.8 cm³/mol. The van der Waals surface area contributed by atoms with Crippen LogP contribution in [-0.4, -0.2) is 40.4 Å². The van der Waals surface area contributed by atoms with E-state index < -0.39 is 23.8 Å². The molecule has 1 unspecified atom stereocenters. The predicted octanol–water partition coefficient (Wildman–Crippen LogP) is -0.377. The molecule has 1 atom stereocenters. The fourth-order valence-corrected chi connectivity index (χ4v) is 1.86. The van der Waals surface area contributed by atoms with Gasteiger partial charge >= 0.3 is 5.97 Å². The number of carbonyl (C=O) groups excluding carboxylic acids is 2. The average Bonchev–Trinajstić information content (AvgIpc) is 2.34. The quantitative estimate of drug-likeness (QED) is 0.710. The molecule has 0 radical (unpaired) electrons. The highest BCUT2D eigenvalue weighted by Crippen LogP contribution is 2.19. The number of nitrogens with zero attached hydrogens (tertiary/aromatic N) is 1. The molecule has 1 aliphatic heterocycles. The Labute approximate surface area is 103 Å². The maximum atomic E-state index is 12.0. The summed E-state index contributed by atoms with van der Waals surface area (Å²) in [5.74, 6) is -2.15. The number of rotatable bonds is 3. The maximum absolute atomic E-state index is 12.0. The fourth-order valence-electron chi connectivity index (χ4n) is 1.86. The molecular weight excluding hydrogens is 236 g/mol. The molecule has 1 aromatic rings. The summed E-state index contributed by atoms with van der Waals surface area (Å²) in [5.41, 5.74) is 6.43. The standard InChI is InChI=1S/C12H12N2O4/c13-9(12(17)18)6-14-10(15)5-7-3-1-2-4-8(7)11(14)16/h1-4,9H,5-6,13H2,(H,17,18). The number of carbonyl (C=O) groups is 3. The highest BCUT2D eigenvalue weighted by atomic mass is 16.4. The van der Waals surface area contributed by atoms with Gasteiger partial charge in [-0.15, -0.1) is 0 Å². The monoisotopic (exact) mass is 248 g/mol. The zero-order valence-corrected chi connectivity index (χ0v) is 9.50. The van der Waals surface area contributed by atoms with Gasteiger partial charge in [-0.05, 0) is 11.6 Å². The number of imide groups is 1. The van der Waals surface area contributed by atoms with Crippen LogP contribution in [0.1, 0.15) is 15.9 Å². The highest BCUT2D eigenvalue weighted by molar-refractivity contribution is 6.09. The molecule has 0 fully saturated rings. The lowest BCUT2D eigenvalue weighted by Gasteiger charge is -2.27. The van der Waals surface area contributed by atoms with Crippen molar-refractivity contribution in [3.8, 4) is 0 Å². The Morgan fingerprint density at radius 3 is 2.72 bits per heavy atom. The van der Waals surface area contributed by atoms with E-state index in [4.69, 9.17) is 10.8 Å². The van der Waals surface area contributed by atoms with Gasteiger partial charge in [0.05, 0.1) is 13.0 Å². The van der Waals surface area contributed by atoms with Crippen molar-refractivity contribution >= 4 is 17.8 Å². The number of aliphatic carboxylic acids is 1. The molecule has 0 bridgehead atoms. The van der Waals surface area contributed by atoms with Crippen molar-refractivity contribution in [3.05, 3.63) is 35.4 Å². The fraction of sp³-hybridized carbons (Fsp3) is 0.250. The third-order valence-corrected chi connectivity index (χ3v) is 2.83. The van der Waals surface area contributed by atoms with Crippen LogP contribution in [0, 0.1) is 0 Å². The van der Waals surface area contributed by atoms with Crippen LogP contribution in [-0.2, 0) is 16.0 Å². The number of fused-ring (bicyclic) bond motifs is 1. The Morgan fingerprint density at radius 2 is 2.06 bits per heavy atom. The summed E-state index contributed by atoms with van der Waals surface area (Å²) in [6.45, 7) is -0.304. The number of nitrogens with two attached hydrogens (primary N) is 1. The summed E-state index contributed by atoms with van der Waals surface area (Å²) in [5, 5.41) is 8.71. The molecule has 3 N–H and O–H groups in total. The molecule has 1 aromatic carbocycles. The molecule has 94 valence electrons. The lowest BCUT2D eigenvalue weighted by atomic mass is 9.98. The second kappa shape index (κ2) is 4.58. The van der Waals surface area contributed by atoms with E-state index in [2.05, 4.69) is 0 Å². The second-order valence-corrected chi connectivity index (χ2v) is 4.09. The van der Waals surface area contributed by atoms with Crippen LogP contribution in [0.4, 0.5) is 0 Å². The van der Waals surface area contributed by atoms with Crippen molar-refractivity contribution < 1.29 is 19.5 Å². The Morgan fingerprint density at radius 1 is 1.39 bits per heavy atom. The first-order chi connectivity index (χ1) is 8.50. The van der Waals surface area contributed by atoms with Crippen molar-refractivity contribution in [2.45, 2.75) is 12.5 Å². The van der Waals surface area contributed by atoms with Crippen LogP contribution in [0.3, 0.4) is 0 Å². The molecule has 0 saturated carbocycles. The first-order valence-electron chi connectivity index (χ1n) is 5.41. The van der Waals surface area contributed by atoms with Crippen molar-refractivity contribution in [2.24, 2.45) is 5.73 Å². The van der Waals surface area contributed by atoms with Gasteiger partial charge in [0.25, 0.3) is 5.91 Å². The van der Waals surface area contributed by atoms with Crippen molar-refractivity contribution in [2.75, 3.05) is 6.54 Å². The van der Waals surface area contributed by atoms with Gasteiger partial charge in [0.15, 0.2) is 0 Å². The number of carboxylic acids is 1. The van der Waals surface area contributed by atoms with Gasteiger partial charge in [0.2, 0.25) is 5.91 Å². The molecule has 0 saturated heterocycles. The molecule has 0 aromatic heterocycles. The lowest BCUT2D eigenvalue weighted by molar-refractivity contribution is -0.139. The van der Waals surface area contributed by atoms with E-state index in [1.54, 1.807) is 24.3 Å². The Hall–Kier alpha value is -2.21. The Balaban J connectivity index is 2.27. The van der Waals surface area contributed by atoms with Crippen molar-refractivity contribution in [1.29, 1.82) is 0 Å². The Bertz CT molecular complexity index is 527. The van der Waals surface area contributed by atoms with E-state index in [0.717, 1.165) is 4.90 Å². The van der Waals surface area contributed by atoms with Gasteiger partial charge in [-0.2, -0.15) is 0 Å². The van der Waals surface area contributed by atoms with Gasteiger partial charge in [-0.25, -0.2) is 0 Å². The molecule has 2 amide bonds. The zero-order valence-electron chi connectivity index (χ0n) is 9.50. The van der Waals surface area contributed by atoms with E-state index in [1.165, 1.54) is 0 Å². The molecule has 2 rings (SSSR count). The van der Waals surface area contributed by atoms with Crippen molar-refractivity contribution in [1.82, 2.24) is 4.90 Å². The number of benzene rings is 1. The van der Waals surface area contributed by atoms with Gasteiger partial charge in [0.1, 0.15) is 6.04 Å². The third-order valence-electron chi connectivity index (χ3n) is 2.83. The number of amides is 2. The highest BCUT2D eigenvalue weighted by Gasteiger charge is 2.32. The molecular formula is C12H12N2O4. The summed E-state index contributed by atoms with van der Waals surface area (Å²) in [6, 6.07) is 5.51. The minimum absolute atomic E-state index is 0.0915. The molecule has 1 aliphatic rings. The summed E-state index contributed by atoms with van der Waals surface area (Å²) < 4.78 is 0. The molecule has 6 heteroatoms. The molecule has 0 aliphatic carbocycles. The van der Waals surface area contributed by atoms with Crippen LogP contribution in [0.15, 0.2) is 24.3 Å². The van der Waals surface area contributed by atoms with Gasteiger partial charge in [-0.3, -0.25) is 19.3 Å². The summed E-state index contributed by atoms with van der Waals surface area (Å²) in [6.07, 6.45) is 0.0915. The Kier molecular flexibility index (Phi) is 3.12. The smallest absolute Gasteiger partial charge is 0.322 e. The summed E-state index contributed by atoms with van der Waals surface area (Å²) in [4.78, 5) is 35.4. The average molecular weight is 248 g/mol. The molecule has 6 nitrogen and oxygen atoms in total. The van der Waals surface area contributed by atoms with Crippen LogP contribution in [0.25, 0.3) is 0 Å². The SMILES string of the molecule is NC(CN1C(=O)Cc2ccccc2C1=O)C(=O)O. The van der Waals surface area contributed by atoms with Crippen LogP contribution in [0.5, 0.6) is 0 Å². The molecule has 18 heavy (non-hydrogen) atoms. The first-order valence-corrected chi connectivity index (χ1v) is 5.41. The summed E-state index contributed by atoms with van der Waals surface area (Å²) >= 11 is 0. The minimum Gasteiger partial charge on any atom is -0.480 e. The lowest BCUT2D eigenvalue weighted by Crippen LogP contribution is -2.50. The topological polar surface area (TPSA) is 101 Å². The first kappa shape index (κ1) is 12.3. The largest absolute Gasteiger partial charge is 0.480 e. The van der Waals surface area contributed by atoms with E-state index in [-0.39, 0.29) is 13.0 Å². The van der Waals surface area contributed by atoms with Crippen molar-refractivity contribution in [3.63, 3.8) is 0 Å². The maximum Gasteiger partial charge on any atom is 0.322 e. The number of hydrogen-bond donors (Lipinski definition) is 2. The summed E-state index contributed by atoms with van der Waals surface area (Å²) in [7, 11) is 0. The second-order valence-electron chi connectivity index (χ2n) is 4.09. The van der Waals surface area contributed by atoms with Crippen LogP contribution < -0.4 is 5.73 Å². The van der Waals surface area contributed by atoms with E-state index in [9.17, 15) is 14.4 Å². The van der Waals surface area contributed by atoms with Crippen LogP contribution >= 0.6 is 0 Å². The van der Waals surface area contributed by atoms with Gasteiger partial charge in [-0.1, -0.05) is 18.2 Å².